The van der Waals surface area contributed by atoms with Crippen LogP contribution in [0.2, 0.25) is 0 Å². The summed E-state index contributed by atoms with van der Waals surface area (Å²) >= 11 is 5.09. The number of allylic oxidation sites excluding steroid dienone is 1. The van der Waals surface area contributed by atoms with Gasteiger partial charge in [-0.05, 0) is 60.1 Å². The molecule has 2 aromatic rings. The van der Waals surface area contributed by atoms with Crippen molar-refractivity contribution < 1.29 is 18.7 Å². The number of ether oxygens (including phenoxy) is 1. The quantitative estimate of drug-likeness (QED) is 0.256. The minimum atomic E-state index is -0.716. The second-order valence-electron chi connectivity index (χ2n) is 6.26. The van der Waals surface area contributed by atoms with Gasteiger partial charge in [-0.25, -0.2) is 9.29 Å². The van der Waals surface area contributed by atoms with Crippen molar-refractivity contribution in [2.45, 2.75) is 6.42 Å². The van der Waals surface area contributed by atoms with E-state index in [1.807, 2.05) is 0 Å². The molecule has 1 fully saturated rings. The maximum atomic E-state index is 14.2. The Labute approximate surface area is 178 Å². The van der Waals surface area contributed by atoms with Crippen LogP contribution in [0.25, 0.3) is 6.08 Å². The van der Waals surface area contributed by atoms with Gasteiger partial charge < -0.3 is 4.74 Å². The number of hydrogen-bond donors (Lipinski definition) is 1. The van der Waals surface area contributed by atoms with E-state index in [1.54, 1.807) is 30.3 Å². The van der Waals surface area contributed by atoms with Crippen LogP contribution in [0.5, 0.6) is 5.75 Å². The highest BCUT2D eigenvalue weighted by atomic mass is 32.1. The predicted octanol–water partition coefficient (Wildman–Crippen LogP) is 3.40. The number of benzene rings is 2. The maximum Gasteiger partial charge on any atom is 0.270 e. The summed E-state index contributed by atoms with van der Waals surface area (Å²) in [5.41, 5.74) is 1.16. The lowest BCUT2D eigenvalue weighted by atomic mass is 10.0. The minimum Gasteiger partial charge on any atom is -0.481 e. The van der Waals surface area contributed by atoms with Gasteiger partial charge in [0, 0.05) is 0 Å². The Balaban J connectivity index is 2.00. The third kappa shape index (κ3) is 4.29. The summed E-state index contributed by atoms with van der Waals surface area (Å²) in [5.74, 6) is 0.982. The average molecular weight is 420 g/mol. The van der Waals surface area contributed by atoms with E-state index in [2.05, 4.69) is 17.8 Å². The van der Waals surface area contributed by atoms with E-state index in [0.717, 1.165) is 10.5 Å². The fourth-order valence-electron chi connectivity index (χ4n) is 2.94. The SMILES string of the molecule is C#CCOc1ccc(/C=C2\C(=O)NC(=S)N(c3ccccc3F)C2=O)cc1CC=C. The van der Waals surface area contributed by atoms with E-state index in [-0.39, 0.29) is 23.0 Å². The summed E-state index contributed by atoms with van der Waals surface area (Å²) in [6.45, 7) is 3.83. The topological polar surface area (TPSA) is 58.6 Å². The van der Waals surface area contributed by atoms with Gasteiger partial charge in [-0.15, -0.1) is 13.0 Å². The molecule has 30 heavy (non-hydrogen) atoms. The fourth-order valence-corrected chi connectivity index (χ4v) is 3.21. The van der Waals surface area contributed by atoms with Crippen molar-refractivity contribution in [3.05, 3.63) is 77.6 Å². The number of hydrogen-bond acceptors (Lipinski definition) is 4. The molecule has 0 aliphatic carbocycles. The molecular weight excluding hydrogens is 403 g/mol. The van der Waals surface area contributed by atoms with Gasteiger partial charge in [-0.3, -0.25) is 14.9 Å². The first-order chi connectivity index (χ1) is 14.5. The Bertz CT molecular complexity index is 1120. The van der Waals surface area contributed by atoms with Crippen LogP contribution in [-0.2, 0) is 16.0 Å². The number of terminal acetylenes is 1. The third-order valence-electron chi connectivity index (χ3n) is 4.27. The molecule has 7 heteroatoms. The van der Waals surface area contributed by atoms with Crippen molar-refractivity contribution in [1.29, 1.82) is 0 Å². The Kier molecular flexibility index (Phi) is 6.40. The van der Waals surface area contributed by atoms with E-state index in [4.69, 9.17) is 23.4 Å². The third-order valence-corrected chi connectivity index (χ3v) is 4.55. The summed E-state index contributed by atoms with van der Waals surface area (Å²) in [4.78, 5) is 26.4. The van der Waals surface area contributed by atoms with Crippen LogP contribution in [0.3, 0.4) is 0 Å². The van der Waals surface area contributed by atoms with E-state index < -0.39 is 17.6 Å². The van der Waals surface area contributed by atoms with Crippen LogP contribution in [0.15, 0.2) is 60.7 Å². The number of halogens is 1. The Morgan fingerprint density at radius 1 is 1.27 bits per heavy atom. The van der Waals surface area contributed by atoms with Crippen LogP contribution in [-0.4, -0.2) is 23.5 Å². The average Bonchev–Trinajstić information content (AvgIpc) is 2.72. The van der Waals surface area contributed by atoms with E-state index in [1.165, 1.54) is 24.3 Å². The first kappa shape index (κ1) is 21.0. The predicted molar refractivity (Wildman–Crippen MR) is 117 cm³/mol. The Morgan fingerprint density at radius 2 is 2.03 bits per heavy atom. The van der Waals surface area contributed by atoms with Crippen molar-refractivity contribution in [3.8, 4) is 18.1 Å². The Morgan fingerprint density at radius 3 is 2.73 bits per heavy atom. The molecule has 0 atom stereocenters. The van der Waals surface area contributed by atoms with Gasteiger partial charge in [-0.2, -0.15) is 0 Å². The number of thiocarbonyl (C=S) groups is 1. The summed E-state index contributed by atoms with van der Waals surface area (Å²) in [7, 11) is 0. The van der Waals surface area contributed by atoms with Gasteiger partial charge in [0.15, 0.2) is 5.11 Å². The minimum absolute atomic E-state index is 0.0382. The lowest BCUT2D eigenvalue weighted by molar-refractivity contribution is -0.122. The largest absolute Gasteiger partial charge is 0.481 e. The van der Waals surface area contributed by atoms with Gasteiger partial charge in [0.1, 0.15) is 23.7 Å². The van der Waals surface area contributed by atoms with Crippen molar-refractivity contribution in [2.75, 3.05) is 11.5 Å². The van der Waals surface area contributed by atoms with Crippen LogP contribution in [0.1, 0.15) is 11.1 Å². The molecule has 0 unspecified atom stereocenters. The number of carbonyl (C=O) groups excluding carboxylic acids is 2. The molecule has 1 aliphatic heterocycles. The van der Waals surface area contributed by atoms with Gasteiger partial charge in [0.2, 0.25) is 0 Å². The summed E-state index contributed by atoms with van der Waals surface area (Å²) in [6, 6.07) is 10.8. The van der Waals surface area contributed by atoms with Crippen LogP contribution < -0.4 is 15.0 Å². The monoisotopic (exact) mass is 420 g/mol. The number of rotatable bonds is 6. The first-order valence-electron chi connectivity index (χ1n) is 8.92. The van der Waals surface area contributed by atoms with E-state index in [9.17, 15) is 14.0 Å². The molecule has 1 N–H and O–H groups in total. The highest BCUT2D eigenvalue weighted by molar-refractivity contribution is 7.80. The molecule has 3 rings (SSSR count). The number of amides is 2. The molecule has 0 bridgehead atoms. The van der Waals surface area contributed by atoms with E-state index >= 15 is 0 Å². The van der Waals surface area contributed by atoms with E-state index in [0.29, 0.717) is 17.7 Å². The summed E-state index contributed by atoms with van der Waals surface area (Å²) < 4.78 is 19.7. The van der Waals surface area contributed by atoms with Crippen molar-refractivity contribution >= 4 is 40.9 Å². The van der Waals surface area contributed by atoms with Crippen molar-refractivity contribution in [2.24, 2.45) is 0 Å². The van der Waals surface area contributed by atoms with Gasteiger partial charge in [0.25, 0.3) is 11.8 Å². The van der Waals surface area contributed by atoms with Crippen molar-refractivity contribution in [3.63, 3.8) is 0 Å². The zero-order valence-corrected chi connectivity index (χ0v) is 16.7. The second kappa shape index (κ2) is 9.16. The number of nitrogens with one attached hydrogen (secondary N) is 1. The van der Waals surface area contributed by atoms with Gasteiger partial charge in [-0.1, -0.05) is 30.2 Å². The normalized spacial score (nSPS) is 15.0. The molecule has 150 valence electrons. The summed E-state index contributed by atoms with van der Waals surface area (Å²) in [5, 5.41) is 2.25. The Hall–Kier alpha value is -3.76. The molecule has 1 aliphatic rings. The lowest BCUT2D eigenvalue weighted by Gasteiger charge is -2.29. The zero-order valence-electron chi connectivity index (χ0n) is 15.9. The molecule has 0 aromatic heterocycles. The van der Waals surface area contributed by atoms with Crippen LogP contribution >= 0.6 is 12.2 Å². The standard InChI is InChI=1S/C23H17FN2O3S/c1-3-7-16-13-15(10-11-20(16)29-12-4-2)14-17-21(27)25-23(30)26(22(17)28)19-9-6-5-8-18(19)24/h2-3,5-6,8-11,13-14H,1,7,12H2,(H,25,27,30)/b17-14+. The second-order valence-corrected chi connectivity index (χ2v) is 6.65. The number of anilines is 1. The molecule has 1 saturated heterocycles. The molecule has 0 saturated carbocycles. The summed E-state index contributed by atoms with van der Waals surface area (Å²) in [6.07, 6.45) is 8.86. The van der Waals surface area contributed by atoms with Gasteiger partial charge >= 0.3 is 0 Å². The number of carbonyl (C=O) groups is 2. The fraction of sp³-hybridized carbons (Fsp3) is 0.0870. The molecule has 2 aromatic carbocycles. The molecule has 5 nitrogen and oxygen atoms in total. The highest BCUT2D eigenvalue weighted by Gasteiger charge is 2.35. The van der Waals surface area contributed by atoms with Crippen molar-refractivity contribution in [1.82, 2.24) is 5.32 Å². The lowest BCUT2D eigenvalue weighted by Crippen LogP contribution is -2.54. The highest BCUT2D eigenvalue weighted by Crippen LogP contribution is 2.26. The first-order valence-corrected chi connectivity index (χ1v) is 9.33. The zero-order chi connectivity index (χ0) is 21.7. The maximum absolute atomic E-state index is 14.2. The molecule has 0 radical (unpaired) electrons. The van der Waals surface area contributed by atoms with Crippen LogP contribution in [0, 0.1) is 18.2 Å². The number of nitrogens with zero attached hydrogens (tertiary/aromatic N) is 1. The van der Waals surface area contributed by atoms with Crippen LogP contribution in [0.4, 0.5) is 10.1 Å². The molecule has 1 heterocycles. The van der Waals surface area contributed by atoms with Gasteiger partial charge in [0.05, 0.1) is 5.69 Å². The number of para-hydroxylation sites is 1. The molecule has 2 amide bonds. The molecular formula is C23H17FN2O3S. The smallest absolute Gasteiger partial charge is 0.270 e. The molecule has 0 spiro atoms.